The molecule has 0 amide bonds. The normalized spacial score (nSPS) is 11.9. The Bertz CT molecular complexity index is 3030. The zero-order valence-corrected chi connectivity index (χ0v) is 27.1. The van der Waals surface area contributed by atoms with Gasteiger partial charge in [0.25, 0.3) is 0 Å². The largest absolute Gasteiger partial charge is 0.456 e. The number of hydrogen-bond donors (Lipinski definition) is 0. The lowest BCUT2D eigenvalue weighted by molar-refractivity contribution is 0.663. The highest BCUT2D eigenvalue weighted by Crippen LogP contribution is 2.43. The first-order valence-electron chi connectivity index (χ1n) is 16.9. The first-order valence-corrected chi connectivity index (χ1v) is 16.9. The van der Waals surface area contributed by atoms with E-state index in [4.69, 9.17) is 23.8 Å². The highest BCUT2D eigenvalue weighted by Gasteiger charge is 2.21. The summed E-state index contributed by atoms with van der Waals surface area (Å²) < 4.78 is 15.7. The Labute approximate surface area is 290 Å². The lowest BCUT2D eigenvalue weighted by Gasteiger charge is -2.08. The van der Waals surface area contributed by atoms with Crippen LogP contribution in [0.2, 0.25) is 0 Å². The molecule has 4 heterocycles. The van der Waals surface area contributed by atoms with Crippen molar-refractivity contribution in [3.63, 3.8) is 0 Å². The molecule has 238 valence electrons. The summed E-state index contributed by atoms with van der Waals surface area (Å²) in [5.41, 5.74) is 9.08. The van der Waals surface area contributed by atoms with Crippen molar-refractivity contribution in [2.45, 2.75) is 0 Å². The third kappa shape index (κ3) is 4.20. The van der Waals surface area contributed by atoms with Gasteiger partial charge in [0.05, 0.1) is 22.0 Å². The van der Waals surface area contributed by atoms with Crippen molar-refractivity contribution in [2.24, 2.45) is 0 Å². The fraction of sp³-hybridized carbons (Fsp3) is 0. The average Bonchev–Trinajstić information content (AvgIpc) is 3.87. The van der Waals surface area contributed by atoms with E-state index in [2.05, 4.69) is 83.4 Å². The molecule has 51 heavy (non-hydrogen) atoms. The summed E-state index contributed by atoms with van der Waals surface area (Å²) in [5.74, 6) is 1.76. The molecule has 0 saturated heterocycles. The minimum absolute atomic E-state index is 0.550. The van der Waals surface area contributed by atoms with Crippen molar-refractivity contribution < 1.29 is 8.83 Å². The molecule has 7 aromatic carbocycles. The quantitative estimate of drug-likeness (QED) is 0.189. The maximum Gasteiger partial charge on any atom is 0.167 e. The highest BCUT2D eigenvalue weighted by molar-refractivity contribution is 6.23. The van der Waals surface area contributed by atoms with Crippen molar-refractivity contribution >= 4 is 65.7 Å². The maximum absolute atomic E-state index is 6.91. The summed E-state index contributed by atoms with van der Waals surface area (Å²) in [6.45, 7) is 0. The summed E-state index contributed by atoms with van der Waals surface area (Å²) in [6.07, 6.45) is 0. The smallest absolute Gasteiger partial charge is 0.167 e. The van der Waals surface area contributed by atoms with Crippen molar-refractivity contribution in [3.8, 4) is 39.9 Å². The molecule has 0 N–H and O–H groups in total. The number of furan rings is 2. The number of para-hydroxylation sites is 3. The van der Waals surface area contributed by atoms with Crippen LogP contribution in [0.1, 0.15) is 0 Å². The van der Waals surface area contributed by atoms with Gasteiger partial charge in [-0.3, -0.25) is 0 Å². The first kappa shape index (κ1) is 27.9. The molecule has 0 radical (unpaired) electrons. The van der Waals surface area contributed by atoms with Gasteiger partial charge in [-0.25, -0.2) is 15.0 Å². The molecule has 11 rings (SSSR count). The molecule has 0 aliphatic rings. The Morgan fingerprint density at radius 1 is 0.392 bits per heavy atom. The minimum Gasteiger partial charge on any atom is -0.456 e. The molecule has 11 aromatic rings. The maximum atomic E-state index is 6.91. The van der Waals surface area contributed by atoms with Crippen LogP contribution in [-0.4, -0.2) is 19.5 Å². The van der Waals surface area contributed by atoms with E-state index in [0.29, 0.717) is 17.5 Å². The van der Waals surface area contributed by atoms with Gasteiger partial charge in [0.2, 0.25) is 0 Å². The Kier molecular flexibility index (Phi) is 5.86. The van der Waals surface area contributed by atoms with Crippen LogP contribution in [0.25, 0.3) is 106 Å². The fourth-order valence-electron chi connectivity index (χ4n) is 7.55. The molecule has 0 bridgehead atoms. The lowest BCUT2D eigenvalue weighted by atomic mass is 10.1. The van der Waals surface area contributed by atoms with Crippen LogP contribution >= 0.6 is 0 Å². The molecule has 6 heteroatoms. The zero-order chi connectivity index (χ0) is 33.5. The summed E-state index contributed by atoms with van der Waals surface area (Å²) in [5, 5.41) is 6.37. The van der Waals surface area contributed by atoms with Gasteiger partial charge in [-0.1, -0.05) is 109 Å². The zero-order valence-electron chi connectivity index (χ0n) is 27.1. The second-order valence-corrected chi connectivity index (χ2v) is 12.8. The lowest BCUT2D eigenvalue weighted by Crippen LogP contribution is -2.00. The summed E-state index contributed by atoms with van der Waals surface area (Å²) in [4.78, 5) is 14.9. The molecular formula is C45H26N4O2. The van der Waals surface area contributed by atoms with E-state index in [0.717, 1.165) is 77.3 Å². The molecule has 0 fully saturated rings. The summed E-state index contributed by atoms with van der Waals surface area (Å²) in [6, 6.07) is 53.9. The molecule has 0 aliphatic heterocycles. The number of rotatable bonds is 4. The molecule has 6 nitrogen and oxygen atoms in total. The van der Waals surface area contributed by atoms with Crippen LogP contribution < -0.4 is 0 Å². The van der Waals surface area contributed by atoms with Gasteiger partial charge in [-0.05, 0) is 48.5 Å². The van der Waals surface area contributed by atoms with E-state index >= 15 is 0 Å². The fourth-order valence-corrected chi connectivity index (χ4v) is 7.55. The Morgan fingerprint density at radius 2 is 0.961 bits per heavy atom. The van der Waals surface area contributed by atoms with Crippen LogP contribution in [0.15, 0.2) is 167 Å². The van der Waals surface area contributed by atoms with E-state index in [1.54, 1.807) is 0 Å². The monoisotopic (exact) mass is 654 g/mol. The van der Waals surface area contributed by atoms with E-state index < -0.39 is 0 Å². The topological polar surface area (TPSA) is 69.9 Å². The van der Waals surface area contributed by atoms with Gasteiger partial charge in [0.15, 0.2) is 17.5 Å². The molecular weight excluding hydrogens is 629 g/mol. The minimum atomic E-state index is 0.550. The van der Waals surface area contributed by atoms with Crippen molar-refractivity contribution in [1.82, 2.24) is 19.5 Å². The average molecular weight is 655 g/mol. The second-order valence-electron chi connectivity index (χ2n) is 12.8. The number of hydrogen-bond acceptors (Lipinski definition) is 5. The molecule has 0 aliphatic carbocycles. The molecule has 0 unspecified atom stereocenters. The first-order chi connectivity index (χ1) is 25.3. The number of benzene rings is 7. The van der Waals surface area contributed by atoms with Crippen LogP contribution in [0.4, 0.5) is 0 Å². The van der Waals surface area contributed by atoms with E-state index in [1.807, 2.05) is 78.9 Å². The Morgan fingerprint density at radius 3 is 1.65 bits per heavy atom. The predicted molar refractivity (Wildman–Crippen MR) is 205 cm³/mol. The SMILES string of the molecule is c1ccc(-c2nc(-c3ccccc3)nc(-c3cccc4c3oc3c4ccc4oc5ccc(-n6c7ccccc7c7ccccc76)cc5c43)n2)cc1. The van der Waals surface area contributed by atoms with Crippen LogP contribution in [0, 0.1) is 0 Å². The third-order valence-electron chi connectivity index (χ3n) is 9.86. The van der Waals surface area contributed by atoms with Crippen LogP contribution in [0.3, 0.4) is 0 Å². The van der Waals surface area contributed by atoms with Gasteiger partial charge >= 0.3 is 0 Å². The molecule has 0 spiro atoms. The van der Waals surface area contributed by atoms with Crippen LogP contribution in [-0.2, 0) is 0 Å². The number of fused-ring (bicyclic) bond motifs is 10. The van der Waals surface area contributed by atoms with Crippen molar-refractivity contribution in [2.75, 3.05) is 0 Å². The Balaban J connectivity index is 1.16. The summed E-state index contributed by atoms with van der Waals surface area (Å²) >= 11 is 0. The number of aromatic nitrogens is 4. The van der Waals surface area contributed by atoms with Crippen molar-refractivity contribution in [1.29, 1.82) is 0 Å². The van der Waals surface area contributed by atoms with Gasteiger partial charge in [0.1, 0.15) is 22.3 Å². The Hall–Kier alpha value is -7.05. The standard InChI is InChI=1S/C45H26N4O2/c1-3-12-27(13-4-1)43-46-44(28-14-5-2-6-15-28)48-45(47-43)34-19-11-18-32-33-23-25-39-40(42(33)51-41(32)34)35-26-29(22-24-38(35)50-39)49-36-20-9-7-16-30(36)31-17-8-10-21-37(31)49/h1-26H. The summed E-state index contributed by atoms with van der Waals surface area (Å²) in [7, 11) is 0. The van der Waals surface area contributed by atoms with E-state index in [9.17, 15) is 0 Å². The van der Waals surface area contributed by atoms with Gasteiger partial charge < -0.3 is 13.4 Å². The van der Waals surface area contributed by atoms with E-state index in [1.165, 1.54) is 10.8 Å². The number of nitrogens with zero attached hydrogens (tertiary/aromatic N) is 4. The highest BCUT2D eigenvalue weighted by atomic mass is 16.3. The molecule has 0 atom stereocenters. The second kappa shape index (κ2) is 10.7. The molecule has 4 aromatic heterocycles. The third-order valence-corrected chi connectivity index (χ3v) is 9.86. The van der Waals surface area contributed by atoms with E-state index in [-0.39, 0.29) is 0 Å². The van der Waals surface area contributed by atoms with Gasteiger partial charge in [-0.15, -0.1) is 0 Å². The van der Waals surface area contributed by atoms with Gasteiger partial charge in [-0.2, -0.15) is 0 Å². The van der Waals surface area contributed by atoms with Crippen molar-refractivity contribution in [3.05, 3.63) is 158 Å². The molecule has 0 saturated carbocycles. The van der Waals surface area contributed by atoms with Crippen LogP contribution in [0.5, 0.6) is 0 Å². The van der Waals surface area contributed by atoms with Gasteiger partial charge in [0, 0.05) is 43.7 Å². The predicted octanol–water partition coefficient (Wildman–Crippen LogP) is 11.8.